The standard InChI is InChI=1S/C60H36N4S/c1-2-15-38-31-55-48(30-37(38)14-1)45-26-25-39-32-54(45)63(55)56-33-49-47-27-24-36-13-4-6-18-42(36)59(47)65-57(49)34-50(56)51-29-28-41(39)58(46-21-11-16-35-12-3-5-17-40(35)46)62-60(61-51)64-52-22-9-7-19-43(52)44-20-8-10-23-53(44)64/h1-27,30-34H,28-29H2/b58-41-,61-51+,62-60+. The molecule has 0 saturated carbocycles. The number of aromatic nitrogens is 2. The number of hydrogen-bond acceptors (Lipinski definition) is 3. The molecule has 2 aliphatic heterocycles. The minimum Gasteiger partial charge on any atom is -0.309 e. The van der Waals surface area contributed by atoms with Gasteiger partial charge in [-0.3, -0.25) is 4.57 Å². The van der Waals surface area contributed by atoms with Crippen LogP contribution in [0.5, 0.6) is 0 Å². The van der Waals surface area contributed by atoms with Gasteiger partial charge in [0, 0.05) is 52.8 Å². The van der Waals surface area contributed by atoms with Crippen LogP contribution in [0.25, 0.3) is 113 Å². The van der Waals surface area contributed by atoms with Crippen molar-refractivity contribution < 1.29 is 0 Å². The molecule has 4 bridgehead atoms. The van der Waals surface area contributed by atoms with Crippen LogP contribution in [0.3, 0.4) is 0 Å². The number of nitrogens with zero attached hydrogens (tertiary/aromatic N) is 4. The predicted octanol–water partition coefficient (Wildman–Crippen LogP) is 16.1. The highest BCUT2D eigenvalue weighted by molar-refractivity contribution is 7.26. The fourth-order valence-electron chi connectivity index (χ4n) is 11.2. The molecule has 65 heavy (non-hydrogen) atoms. The summed E-state index contributed by atoms with van der Waals surface area (Å²) in [6.45, 7) is 0. The second-order valence-electron chi connectivity index (χ2n) is 17.6. The first-order valence-corrected chi connectivity index (χ1v) is 23.3. The lowest BCUT2D eigenvalue weighted by molar-refractivity contribution is 1.08. The SMILES string of the molecule is c1ccc2cc3c(cc2c1)c1ccc2cc1n3-c1cc3c(cc1/C1=N/C(n4c5ccccc5c5ccccc54)=N\C(c4cccc5ccccc45)=C/2CC1)sc1c2ccccc2ccc31. The third-order valence-corrected chi connectivity index (χ3v) is 15.4. The van der Waals surface area contributed by atoms with E-state index >= 15 is 0 Å². The van der Waals surface area contributed by atoms with Crippen LogP contribution in [0, 0.1) is 0 Å². The van der Waals surface area contributed by atoms with Gasteiger partial charge >= 0.3 is 0 Å². The van der Waals surface area contributed by atoms with Crippen LogP contribution in [0.15, 0.2) is 204 Å². The number of allylic oxidation sites excluding steroid dienone is 1. The zero-order valence-corrected chi connectivity index (χ0v) is 35.9. The van der Waals surface area contributed by atoms with Gasteiger partial charge in [-0.15, -0.1) is 11.3 Å². The highest BCUT2D eigenvalue weighted by Crippen LogP contribution is 2.46. The van der Waals surface area contributed by atoms with Crippen molar-refractivity contribution >= 4 is 130 Å². The van der Waals surface area contributed by atoms with Crippen molar-refractivity contribution in [2.75, 3.05) is 0 Å². The van der Waals surface area contributed by atoms with Gasteiger partial charge in [0.1, 0.15) is 0 Å². The minimum atomic E-state index is 0.663. The molecule has 0 atom stereocenters. The van der Waals surface area contributed by atoms with Gasteiger partial charge in [-0.1, -0.05) is 152 Å². The second kappa shape index (κ2) is 13.2. The quantitative estimate of drug-likeness (QED) is 0.158. The number of thiophene rings is 1. The van der Waals surface area contributed by atoms with Crippen molar-refractivity contribution in [3.05, 3.63) is 211 Å². The van der Waals surface area contributed by atoms with Gasteiger partial charge in [0.15, 0.2) is 0 Å². The van der Waals surface area contributed by atoms with Crippen molar-refractivity contribution in [2.24, 2.45) is 9.98 Å². The molecular formula is C60H36N4S. The minimum absolute atomic E-state index is 0.663. The maximum Gasteiger partial charge on any atom is 0.235 e. The molecule has 5 heteroatoms. The zero-order valence-electron chi connectivity index (χ0n) is 35.1. The maximum absolute atomic E-state index is 5.92. The Morgan fingerprint density at radius 2 is 1.02 bits per heavy atom. The molecule has 13 aromatic rings. The van der Waals surface area contributed by atoms with Crippen LogP contribution >= 0.6 is 11.3 Å². The summed E-state index contributed by atoms with van der Waals surface area (Å²) >= 11 is 1.89. The lowest BCUT2D eigenvalue weighted by atomic mass is 9.89. The Morgan fingerprint density at radius 3 is 1.82 bits per heavy atom. The van der Waals surface area contributed by atoms with E-state index in [1.54, 1.807) is 0 Å². The van der Waals surface area contributed by atoms with Gasteiger partial charge in [0.2, 0.25) is 5.96 Å². The fourth-order valence-corrected chi connectivity index (χ4v) is 12.5. The molecule has 4 nitrogen and oxygen atoms in total. The topological polar surface area (TPSA) is 34.6 Å². The molecule has 2 aliphatic rings. The largest absolute Gasteiger partial charge is 0.309 e. The van der Waals surface area contributed by atoms with E-state index in [4.69, 9.17) is 9.98 Å². The van der Waals surface area contributed by atoms with Crippen LogP contribution < -0.4 is 0 Å². The smallest absolute Gasteiger partial charge is 0.235 e. The normalized spacial score (nSPS) is 16.9. The first-order valence-electron chi connectivity index (χ1n) is 22.4. The van der Waals surface area contributed by atoms with Crippen LogP contribution in [-0.2, 0) is 0 Å². The van der Waals surface area contributed by atoms with Crippen LogP contribution in [-0.4, -0.2) is 20.8 Å². The van der Waals surface area contributed by atoms with E-state index in [9.17, 15) is 0 Å². The second-order valence-corrected chi connectivity index (χ2v) is 18.7. The van der Waals surface area contributed by atoms with Gasteiger partial charge in [-0.2, -0.15) is 0 Å². The monoisotopic (exact) mass is 844 g/mol. The molecule has 0 spiro atoms. The average Bonchev–Trinajstić information content (AvgIpc) is 4.00. The van der Waals surface area contributed by atoms with E-state index in [0.29, 0.717) is 5.96 Å². The summed E-state index contributed by atoms with van der Waals surface area (Å²) in [5.74, 6) is 0.663. The average molecular weight is 845 g/mol. The number of hydrogen-bond donors (Lipinski definition) is 0. The molecule has 0 amide bonds. The Kier molecular flexibility index (Phi) is 7.18. The van der Waals surface area contributed by atoms with Gasteiger partial charge < -0.3 is 4.57 Å². The number of fused-ring (bicyclic) bond motifs is 21. The lowest BCUT2D eigenvalue weighted by Gasteiger charge is -2.23. The Morgan fingerprint density at radius 1 is 0.385 bits per heavy atom. The summed E-state index contributed by atoms with van der Waals surface area (Å²) in [6, 6.07) is 71.8. The molecule has 10 aromatic carbocycles. The molecule has 3 aromatic heterocycles. The number of para-hydroxylation sites is 2. The van der Waals surface area contributed by atoms with Gasteiger partial charge in [0.25, 0.3) is 0 Å². The third kappa shape index (κ3) is 5.01. The highest BCUT2D eigenvalue weighted by Gasteiger charge is 2.28. The van der Waals surface area contributed by atoms with Gasteiger partial charge in [-0.25, -0.2) is 9.98 Å². The molecule has 0 fully saturated rings. The summed E-state index contributed by atoms with van der Waals surface area (Å²) < 4.78 is 7.43. The Balaban J connectivity index is 1.14. The Bertz CT molecular complexity index is 4300. The molecule has 0 radical (unpaired) electrons. The van der Waals surface area contributed by atoms with Gasteiger partial charge in [-0.05, 0) is 98.8 Å². The molecular weight excluding hydrogens is 809 g/mol. The first kappa shape index (κ1) is 35.4. The summed E-state index contributed by atoms with van der Waals surface area (Å²) in [5, 5.41) is 14.8. The van der Waals surface area contributed by atoms with E-state index in [1.807, 2.05) is 11.3 Å². The third-order valence-electron chi connectivity index (χ3n) is 14.2. The van der Waals surface area contributed by atoms with Crippen molar-refractivity contribution in [1.82, 2.24) is 9.13 Å². The zero-order chi connectivity index (χ0) is 42.3. The Labute approximate surface area is 376 Å². The molecule has 0 saturated heterocycles. The fraction of sp³-hybridized carbons (Fsp3) is 0.0333. The summed E-state index contributed by atoms with van der Waals surface area (Å²) in [4.78, 5) is 11.8. The lowest BCUT2D eigenvalue weighted by Crippen LogP contribution is -2.18. The maximum atomic E-state index is 5.92. The molecule has 0 unspecified atom stereocenters. The molecule has 0 N–H and O–H groups in total. The predicted molar refractivity (Wildman–Crippen MR) is 277 cm³/mol. The van der Waals surface area contributed by atoms with Crippen LogP contribution in [0.1, 0.15) is 29.5 Å². The summed E-state index contributed by atoms with van der Waals surface area (Å²) in [5.41, 5.74) is 12.3. The summed E-state index contributed by atoms with van der Waals surface area (Å²) in [7, 11) is 0. The van der Waals surface area contributed by atoms with Crippen molar-refractivity contribution in [2.45, 2.75) is 12.8 Å². The van der Waals surface area contributed by atoms with Crippen molar-refractivity contribution in [3.63, 3.8) is 0 Å². The Hall–Kier alpha value is -8.12. The molecule has 15 rings (SSSR count). The van der Waals surface area contributed by atoms with Crippen molar-refractivity contribution in [3.8, 4) is 5.69 Å². The van der Waals surface area contributed by atoms with E-state index < -0.39 is 0 Å². The van der Waals surface area contributed by atoms with E-state index in [0.717, 1.165) is 52.1 Å². The summed E-state index contributed by atoms with van der Waals surface area (Å²) in [6.07, 6.45) is 1.49. The van der Waals surface area contributed by atoms with E-state index in [1.165, 1.54) is 96.2 Å². The van der Waals surface area contributed by atoms with Crippen molar-refractivity contribution in [1.29, 1.82) is 0 Å². The number of rotatable bonds is 1. The molecule has 0 aliphatic carbocycles. The highest BCUT2D eigenvalue weighted by atomic mass is 32.1. The molecule has 302 valence electrons. The van der Waals surface area contributed by atoms with Gasteiger partial charge in [0.05, 0.1) is 39.2 Å². The van der Waals surface area contributed by atoms with Crippen LogP contribution in [0.2, 0.25) is 0 Å². The van der Waals surface area contributed by atoms with E-state index in [2.05, 4.69) is 203 Å². The number of benzene rings is 10. The molecule has 5 heterocycles. The van der Waals surface area contributed by atoms with Crippen LogP contribution in [0.4, 0.5) is 0 Å². The number of aliphatic imine (C=N–C) groups is 2. The van der Waals surface area contributed by atoms with E-state index in [-0.39, 0.29) is 0 Å². The first-order chi connectivity index (χ1) is 32.2.